The summed E-state index contributed by atoms with van der Waals surface area (Å²) in [5.74, 6) is -0.486. The Kier molecular flexibility index (Phi) is 6.89. The van der Waals surface area contributed by atoms with E-state index in [-0.39, 0.29) is 32.0 Å². The number of hydrogen-bond acceptors (Lipinski definition) is 6. The van der Waals surface area contributed by atoms with Crippen molar-refractivity contribution in [3.8, 4) is 0 Å². The molecule has 3 rings (SSSR count). The van der Waals surface area contributed by atoms with E-state index in [1.165, 1.54) is 16.7 Å². The molecule has 180 valence electrons. The van der Waals surface area contributed by atoms with Crippen LogP contribution in [0.1, 0.15) is 32.0 Å². The predicted octanol–water partition coefficient (Wildman–Crippen LogP) is 3.55. The number of alkyl halides is 3. The summed E-state index contributed by atoms with van der Waals surface area (Å²) in [4.78, 5) is 28.0. The van der Waals surface area contributed by atoms with E-state index in [0.29, 0.717) is 0 Å². The molecule has 1 fully saturated rings. The van der Waals surface area contributed by atoms with Crippen LogP contribution >= 0.6 is 0 Å². The number of ether oxygens (including phenoxy) is 2. The van der Waals surface area contributed by atoms with Crippen molar-refractivity contribution in [3.63, 3.8) is 0 Å². The van der Waals surface area contributed by atoms with Gasteiger partial charge in [-0.3, -0.25) is 4.90 Å². The van der Waals surface area contributed by atoms with Crippen LogP contribution in [0, 0.1) is 0 Å². The molecule has 0 saturated carbocycles. The van der Waals surface area contributed by atoms with Gasteiger partial charge in [0.2, 0.25) is 0 Å². The summed E-state index contributed by atoms with van der Waals surface area (Å²) in [6.07, 6.45) is -5.32. The lowest BCUT2D eigenvalue weighted by Gasteiger charge is -2.41. The van der Waals surface area contributed by atoms with Crippen LogP contribution in [0.15, 0.2) is 36.4 Å². The highest BCUT2D eigenvalue weighted by molar-refractivity contribution is 5.82. The molecule has 1 aromatic carbocycles. The molecule has 1 amide bonds. The van der Waals surface area contributed by atoms with Gasteiger partial charge >= 0.3 is 18.2 Å². The van der Waals surface area contributed by atoms with Crippen molar-refractivity contribution >= 4 is 17.9 Å². The van der Waals surface area contributed by atoms with E-state index < -0.39 is 35.6 Å². The second-order valence-electron chi connectivity index (χ2n) is 8.69. The summed E-state index contributed by atoms with van der Waals surface area (Å²) in [6, 6.07) is 8.87. The summed E-state index contributed by atoms with van der Waals surface area (Å²) in [5, 5.41) is 3.77. The van der Waals surface area contributed by atoms with Crippen molar-refractivity contribution < 1.29 is 32.2 Å². The minimum absolute atomic E-state index is 0.0621. The Labute approximate surface area is 189 Å². The molecule has 11 heteroatoms. The minimum Gasteiger partial charge on any atom is -0.467 e. The summed E-state index contributed by atoms with van der Waals surface area (Å²) in [6.45, 7) is 5.40. The Bertz CT molecular complexity index is 986. The molecule has 1 saturated heterocycles. The van der Waals surface area contributed by atoms with Crippen LogP contribution in [0.2, 0.25) is 0 Å². The van der Waals surface area contributed by atoms with E-state index >= 15 is 0 Å². The van der Waals surface area contributed by atoms with Crippen LogP contribution < -0.4 is 4.90 Å². The highest BCUT2D eigenvalue weighted by Gasteiger charge is 2.41. The van der Waals surface area contributed by atoms with Gasteiger partial charge in [-0.05, 0) is 26.3 Å². The highest BCUT2D eigenvalue weighted by atomic mass is 19.4. The zero-order valence-corrected chi connectivity index (χ0v) is 18.9. The van der Waals surface area contributed by atoms with Crippen molar-refractivity contribution in [2.45, 2.75) is 45.1 Å². The standard InChI is InChI=1S/C22H27F3N4O4/c1-21(2,3)33-20(31)28-11-10-27(14-16(28)19(30)32-4)18-12-17(22(23,24)25)26-29(18)13-15-8-6-5-7-9-15/h5-9,12,16H,10-11,13-14H2,1-4H3/t16-/m0/s1. The molecule has 1 atom stereocenters. The number of esters is 1. The topological polar surface area (TPSA) is 76.9 Å². The average molecular weight is 468 g/mol. The predicted molar refractivity (Wildman–Crippen MR) is 114 cm³/mol. The molecule has 1 aliphatic rings. The van der Waals surface area contributed by atoms with E-state index in [1.54, 1.807) is 49.9 Å². The van der Waals surface area contributed by atoms with Gasteiger partial charge in [-0.1, -0.05) is 30.3 Å². The number of nitrogens with zero attached hydrogens (tertiary/aromatic N) is 4. The van der Waals surface area contributed by atoms with Gasteiger partial charge in [0.1, 0.15) is 11.4 Å². The van der Waals surface area contributed by atoms with Gasteiger partial charge in [0, 0.05) is 19.2 Å². The lowest BCUT2D eigenvalue weighted by molar-refractivity contribution is -0.147. The van der Waals surface area contributed by atoms with Gasteiger partial charge in [-0.25, -0.2) is 14.3 Å². The number of anilines is 1. The Morgan fingerprint density at radius 3 is 2.36 bits per heavy atom. The van der Waals surface area contributed by atoms with E-state index in [4.69, 9.17) is 9.47 Å². The average Bonchev–Trinajstić information content (AvgIpc) is 3.16. The third-order valence-electron chi connectivity index (χ3n) is 5.03. The van der Waals surface area contributed by atoms with Gasteiger partial charge in [0.25, 0.3) is 0 Å². The van der Waals surface area contributed by atoms with Crippen LogP contribution in [-0.4, -0.2) is 65.1 Å². The fraction of sp³-hybridized carbons (Fsp3) is 0.500. The van der Waals surface area contributed by atoms with E-state index in [9.17, 15) is 22.8 Å². The normalized spacial score (nSPS) is 17.1. The number of rotatable bonds is 4. The first-order chi connectivity index (χ1) is 15.4. The highest BCUT2D eigenvalue weighted by Crippen LogP contribution is 2.32. The second kappa shape index (κ2) is 9.32. The molecular weight excluding hydrogens is 441 g/mol. The van der Waals surface area contributed by atoms with Crippen molar-refractivity contribution in [3.05, 3.63) is 47.7 Å². The zero-order chi connectivity index (χ0) is 24.4. The van der Waals surface area contributed by atoms with Crippen LogP contribution in [-0.2, 0) is 27.0 Å². The Hall–Kier alpha value is -3.24. The quantitative estimate of drug-likeness (QED) is 0.639. The number of hydrogen-bond donors (Lipinski definition) is 0. The third-order valence-corrected chi connectivity index (χ3v) is 5.03. The second-order valence-corrected chi connectivity index (χ2v) is 8.69. The van der Waals surface area contributed by atoms with E-state index in [2.05, 4.69) is 5.10 Å². The van der Waals surface area contributed by atoms with Gasteiger partial charge in [0.15, 0.2) is 11.7 Å². The number of amides is 1. The molecule has 1 aliphatic heterocycles. The molecule has 2 heterocycles. The van der Waals surface area contributed by atoms with Crippen molar-refractivity contribution in [1.29, 1.82) is 0 Å². The number of benzene rings is 1. The van der Waals surface area contributed by atoms with Gasteiger partial charge in [-0.15, -0.1) is 0 Å². The van der Waals surface area contributed by atoms with Crippen LogP contribution in [0.25, 0.3) is 0 Å². The molecule has 8 nitrogen and oxygen atoms in total. The number of halogens is 3. The summed E-state index contributed by atoms with van der Waals surface area (Å²) in [7, 11) is 1.19. The lowest BCUT2D eigenvalue weighted by Crippen LogP contribution is -2.59. The van der Waals surface area contributed by atoms with Crippen LogP contribution in [0.5, 0.6) is 0 Å². The van der Waals surface area contributed by atoms with Crippen molar-refractivity contribution in [2.75, 3.05) is 31.6 Å². The van der Waals surface area contributed by atoms with Crippen molar-refractivity contribution in [1.82, 2.24) is 14.7 Å². The van der Waals surface area contributed by atoms with Gasteiger partial charge in [0.05, 0.1) is 20.2 Å². The van der Waals surface area contributed by atoms with Crippen LogP contribution in [0.4, 0.5) is 23.8 Å². The fourth-order valence-electron chi connectivity index (χ4n) is 3.54. The molecule has 0 bridgehead atoms. The maximum Gasteiger partial charge on any atom is 0.435 e. The first kappa shape index (κ1) is 24.4. The minimum atomic E-state index is -4.63. The number of piperazine rings is 1. The van der Waals surface area contributed by atoms with Crippen molar-refractivity contribution in [2.24, 2.45) is 0 Å². The van der Waals surface area contributed by atoms with Gasteiger partial charge < -0.3 is 14.4 Å². The number of methoxy groups -OCH3 is 1. The maximum absolute atomic E-state index is 13.4. The van der Waals surface area contributed by atoms with E-state index in [1.807, 2.05) is 6.07 Å². The summed E-state index contributed by atoms with van der Waals surface area (Å²) >= 11 is 0. The molecule has 0 unspecified atom stereocenters. The Morgan fingerprint density at radius 1 is 1.12 bits per heavy atom. The maximum atomic E-state index is 13.4. The smallest absolute Gasteiger partial charge is 0.435 e. The monoisotopic (exact) mass is 468 g/mol. The Morgan fingerprint density at radius 2 is 1.79 bits per heavy atom. The fourth-order valence-corrected chi connectivity index (χ4v) is 3.54. The lowest BCUT2D eigenvalue weighted by atomic mass is 10.1. The Balaban J connectivity index is 1.91. The van der Waals surface area contributed by atoms with E-state index in [0.717, 1.165) is 11.6 Å². The largest absolute Gasteiger partial charge is 0.467 e. The SMILES string of the molecule is COC(=O)[C@@H]1CN(c2cc(C(F)(F)F)nn2Cc2ccccc2)CCN1C(=O)OC(C)(C)C. The summed E-state index contributed by atoms with van der Waals surface area (Å²) < 4.78 is 51.8. The molecule has 0 radical (unpaired) electrons. The molecular formula is C22H27F3N4O4. The third kappa shape index (κ3) is 5.96. The molecule has 0 N–H and O–H groups in total. The molecule has 1 aromatic heterocycles. The molecule has 0 spiro atoms. The first-order valence-electron chi connectivity index (χ1n) is 10.4. The molecule has 0 aliphatic carbocycles. The molecule has 2 aromatic rings. The number of carbonyl (C=O) groups excluding carboxylic acids is 2. The zero-order valence-electron chi connectivity index (χ0n) is 18.9. The number of aromatic nitrogens is 2. The van der Waals surface area contributed by atoms with Gasteiger partial charge in [-0.2, -0.15) is 18.3 Å². The number of carbonyl (C=O) groups is 2. The van der Waals surface area contributed by atoms with Crippen LogP contribution in [0.3, 0.4) is 0 Å². The first-order valence-corrected chi connectivity index (χ1v) is 10.4. The summed E-state index contributed by atoms with van der Waals surface area (Å²) in [5.41, 5.74) is -1.03. The molecule has 33 heavy (non-hydrogen) atoms.